The van der Waals surface area contributed by atoms with Gasteiger partial charge in [0.1, 0.15) is 0 Å². The first-order valence-electron chi connectivity index (χ1n) is 5.15. The highest BCUT2D eigenvalue weighted by Gasteiger charge is 2.06. The van der Waals surface area contributed by atoms with Gasteiger partial charge in [-0.25, -0.2) is 0 Å². The van der Waals surface area contributed by atoms with Gasteiger partial charge in [-0.3, -0.25) is 4.79 Å². The van der Waals surface area contributed by atoms with Gasteiger partial charge in [-0.1, -0.05) is 6.92 Å². The predicted octanol–water partition coefficient (Wildman–Crippen LogP) is 0.550. The Morgan fingerprint density at radius 3 is 2.81 bits per heavy atom. The summed E-state index contributed by atoms with van der Waals surface area (Å²) in [6, 6.07) is 4.76. The molecule has 5 nitrogen and oxygen atoms in total. The SMILES string of the molecule is CCC(O)CNc1cc(C(N)=O)ccc1N. The van der Waals surface area contributed by atoms with E-state index in [0.717, 1.165) is 0 Å². The summed E-state index contributed by atoms with van der Waals surface area (Å²) in [5.74, 6) is -0.501. The predicted molar refractivity (Wildman–Crippen MR) is 64.2 cm³/mol. The van der Waals surface area contributed by atoms with Crippen molar-refractivity contribution in [1.82, 2.24) is 0 Å². The molecule has 88 valence electrons. The fourth-order valence-electron chi connectivity index (χ4n) is 1.23. The number of carbonyl (C=O) groups is 1. The molecule has 1 atom stereocenters. The minimum absolute atomic E-state index is 0.391. The number of hydrogen-bond acceptors (Lipinski definition) is 4. The number of nitrogens with one attached hydrogen (secondary N) is 1. The van der Waals surface area contributed by atoms with Crippen molar-refractivity contribution in [2.45, 2.75) is 19.4 Å². The number of hydrogen-bond donors (Lipinski definition) is 4. The molecule has 5 heteroatoms. The minimum atomic E-state index is -0.501. The maximum atomic E-state index is 11.0. The standard InChI is InChI=1S/C11H17N3O2/c1-2-8(15)6-14-10-5-7(11(13)16)3-4-9(10)12/h3-5,8,14-15H,2,6,12H2,1H3,(H2,13,16). The number of anilines is 2. The van der Waals surface area contributed by atoms with Gasteiger partial charge in [0.05, 0.1) is 17.5 Å². The molecule has 0 radical (unpaired) electrons. The molecule has 0 aliphatic heterocycles. The van der Waals surface area contributed by atoms with Crippen molar-refractivity contribution in [3.8, 4) is 0 Å². The van der Waals surface area contributed by atoms with Crippen LogP contribution in [0.15, 0.2) is 18.2 Å². The zero-order valence-corrected chi connectivity index (χ0v) is 9.23. The third-order valence-corrected chi connectivity index (χ3v) is 2.34. The molecular formula is C11H17N3O2. The number of primary amides is 1. The van der Waals surface area contributed by atoms with Gasteiger partial charge in [-0.05, 0) is 24.6 Å². The van der Waals surface area contributed by atoms with E-state index in [2.05, 4.69) is 5.32 Å². The lowest BCUT2D eigenvalue weighted by atomic mass is 10.1. The molecule has 0 heterocycles. The van der Waals surface area contributed by atoms with E-state index in [1.807, 2.05) is 6.92 Å². The second-order valence-electron chi connectivity index (χ2n) is 3.61. The molecular weight excluding hydrogens is 206 g/mol. The summed E-state index contributed by atoms with van der Waals surface area (Å²) < 4.78 is 0. The molecule has 0 aromatic heterocycles. The summed E-state index contributed by atoms with van der Waals surface area (Å²) in [4.78, 5) is 11.0. The third kappa shape index (κ3) is 3.13. The molecule has 0 aliphatic rings. The van der Waals surface area contributed by atoms with E-state index in [1.165, 1.54) is 0 Å². The van der Waals surface area contributed by atoms with Crippen LogP contribution in [-0.2, 0) is 0 Å². The van der Waals surface area contributed by atoms with Gasteiger partial charge < -0.3 is 21.9 Å². The Bertz CT molecular complexity index is 379. The van der Waals surface area contributed by atoms with E-state index in [-0.39, 0.29) is 0 Å². The maximum absolute atomic E-state index is 11.0. The number of nitrogen functional groups attached to an aromatic ring is 1. The number of benzene rings is 1. The van der Waals surface area contributed by atoms with Crippen LogP contribution >= 0.6 is 0 Å². The van der Waals surface area contributed by atoms with Crippen LogP contribution in [0.1, 0.15) is 23.7 Å². The van der Waals surface area contributed by atoms with Crippen molar-refractivity contribution in [3.05, 3.63) is 23.8 Å². The summed E-state index contributed by atoms with van der Waals surface area (Å²) in [7, 11) is 0. The number of rotatable bonds is 5. The molecule has 1 amide bonds. The zero-order valence-electron chi connectivity index (χ0n) is 9.23. The zero-order chi connectivity index (χ0) is 12.1. The average molecular weight is 223 g/mol. The van der Waals surface area contributed by atoms with Crippen LogP contribution in [-0.4, -0.2) is 23.7 Å². The van der Waals surface area contributed by atoms with E-state index >= 15 is 0 Å². The molecule has 0 spiro atoms. The first-order chi connectivity index (χ1) is 7.54. The van der Waals surface area contributed by atoms with Gasteiger partial charge in [-0.2, -0.15) is 0 Å². The molecule has 0 saturated carbocycles. The fourth-order valence-corrected chi connectivity index (χ4v) is 1.23. The average Bonchev–Trinajstić information content (AvgIpc) is 2.27. The summed E-state index contributed by atoms with van der Waals surface area (Å²) >= 11 is 0. The first kappa shape index (κ1) is 12.3. The summed E-state index contributed by atoms with van der Waals surface area (Å²) in [6.07, 6.45) is 0.222. The van der Waals surface area contributed by atoms with Gasteiger partial charge >= 0.3 is 0 Å². The highest BCUT2D eigenvalue weighted by molar-refractivity contribution is 5.94. The molecule has 0 bridgehead atoms. The van der Waals surface area contributed by atoms with Crippen LogP contribution in [0.5, 0.6) is 0 Å². The number of aliphatic hydroxyl groups is 1. The van der Waals surface area contributed by atoms with Crippen molar-refractivity contribution in [2.24, 2.45) is 5.73 Å². The number of nitrogens with two attached hydrogens (primary N) is 2. The van der Waals surface area contributed by atoms with E-state index in [9.17, 15) is 9.90 Å². The van der Waals surface area contributed by atoms with Crippen molar-refractivity contribution < 1.29 is 9.90 Å². The Morgan fingerprint density at radius 1 is 1.56 bits per heavy atom. The smallest absolute Gasteiger partial charge is 0.248 e. The van der Waals surface area contributed by atoms with Crippen LogP contribution < -0.4 is 16.8 Å². The van der Waals surface area contributed by atoms with Crippen LogP contribution in [0, 0.1) is 0 Å². The lowest BCUT2D eigenvalue weighted by Gasteiger charge is -2.13. The highest BCUT2D eigenvalue weighted by atomic mass is 16.3. The van der Waals surface area contributed by atoms with E-state index in [0.29, 0.717) is 29.9 Å². The Morgan fingerprint density at radius 2 is 2.25 bits per heavy atom. The van der Waals surface area contributed by atoms with Gasteiger partial charge in [0.2, 0.25) is 5.91 Å². The van der Waals surface area contributed by atoms with Crippen molar-refractivity contribution in [3.63, 3.8) is 0 Å². The largest absolute Gasteiger partial charge is 0.397 e. The molecule has 1 rings (SSSR count). The second-order valence-corrected chi connectivity index (χ2v) is 3.61. The minimum Gasteiger partial charge on any atom is -0.397 e. The van der Waals surface area contributed by atoms with Crippen LogP contribution in [0.4, 0.5) is 11.4 Å². The molecule has 0 fully saturated rings. The number of aliphatic hydroxyl groups excluding tert-OH is 1. The summed E-state index contributed by atoms with van der Waals surface area (Å²) in [6.45, 7) is 2.28. The Labute approximate surface area is 94.4 Å². The van der Waals surface area contributed by atoms with Crippen LogP contribution in [0.3, 0.4) is 0 Å². The van der Waals surface area contributed by atoms with Crippen LogP contribution in [0.25, 0.3) is 0 Å². The monoisotopic (exact) mass is 223 g/mol. The van der Waals surface area contributed by atoms with Gasteiger partial charge in [0.25, 0.3) is 0 Å². The number of amides is 1. The second kappa shape index (κ2) is 5.37. The van der Waals surface area contributed by atoms with E-state index in [1.54, 1.807) is 18.2 Å². The molecule has 1 aromatic rings. The Hall–Kier alpha value is -1.75. The summed E-state index contributed by atoms with van der Waals surface area (Å²) in [5.41, 5.74) is 12.4. The first-order valence-corrected chi connectivity index (χ1v) is 5.15. The molecule has 1 aromatic carbocycles. The quantitative estimate of drug-likeness (QED) is 0.547. The number of carbonyl (C=O) groups excluding carboxylic acids is 1. The van der Waals surface area contributed by atoms with Gasteiger partial charge in [0.15, 0.2) is 0 Å². The highest BCUT2D eigenvalue weighted by Crippen LogP contribution is 2.19. The van der Waals surface area contributed by atoms with E-state index < -0.39 is 12.0 Å². The normalized spacial score (nSPS) is 12.1. The van der Waals surface area contributed by atoms with Crippen molar-refractivity contribution >= 4 is 17.3 Å². The van der Waals surface area contributed by atoms with E-state index in [4.69, 9.17) is 11.5 Å². The van der Waals surface area contributed by atoms with Crippen molar-refractivity contribution in [2.75, 3.05) is 17.6 Å². The van der Waals surface area contributed by atoms with Gasteiger partial charge in [-0.15, -0.1) is 0 Å². The Balaban J connectivity index is 2.78. The Kier molecular flexibility index (Phi) is 4.13. The third-order valence-electron chi connectivity index (χ3n) is 2.34. The topological polar surface area (TPSA) is 101 Å². The molecule has 6 N–H and O–H groups in total. The molecule has 0 saturated heterocycles. The molecule has 16 heavy (non-hydrogen) atoms. The van der Waals surface area contributed by atoms with Crippen molar-refractivity contribution in [1.29, 1.82) is 0 Å². The molecule has 0 aliphatic carbocycles. The molecule has 1 unspecified atom stereocenters. The van der Waals surface area contributed by atoms with Crippen LogP contribution in [0.2, 0.25) is 0 Å². The lowest BCUT2D eigenvalue weighted by molar-refractivity contribution is 0.100. The fraction of sp³-hybridized carbons (Fsp3) is 0.364. The van der Waals surface area contributed by atoms with Gasteiger partial charge in [0, 0.05) is 12.1 Å². The summed E-state index contributed by atoms with van der Waals surface area (Å²) in [5, 5.41) is 12.4. The lowest BCUT2D eigenvalue weighted by Crippen LogP contribution is -2.19. The maximum Gasteiger partial charge on any atom is 0.248 e.